The normalized spacial score (nSPS) is 22.8. The van der Waals surface area contributed by atoms with Gasteiger partial charge in [-0.25, -0.2) is 19.2 Å². The average molecular weight is 948 g/mol. The van der Waals surface area contributed by atoms with E-state index >= 15 is 0 Å². The fraction of sp³-hybridized carbons (Fsp3) is 0.192. The molecular formula is C52H40Cl2N6O8. The lowest BCUT2D eigenvalue weighted by Crippen LogP contribution is -2.30. The van der Waals surface area contributed by atoms with Crippen molar-refractivity contribution in [2.75, 3.05) is 45.8 Å². The van der Waals surface area contributed by atoms with Crippen molar-refractivity contribution in [1.82, 2.24) is 10.6 Å². The first kappa shape index (κ1) is 42.9. The van der Waals surface area contributed by atoms with Crippen LogP contribution in [0.15, 0.2) is 133 Å². The summed E-state index contributed by atoms with van der Waals surface area (Å²) in [6.45, 7) is 1.80. The fourth-order valence-corrected chi connectivity index (χ4v) is 10.9. The average Bonchev–Trinajstić information content (AvgIpc) is 4.08. The van der Waals surface area contributed by atoms with Gasteiger partial charge in [0, 0.05) is 59.4 Å². The summed E-state index contributed by atoms with van der Waals surface area (Å²) in [6.07, 6.45) is 1.34. The van der Waals surface area contributed by atoms with Gasteiger partial charge in [-0.1, -0.05) is 83.9 Å². The number of nitrogens with zero attached hydrogens (tertiary/aromatic N) is 4. The maximum absolute atomic E-state index is 14.0. The molecule has 2 saturated heterocycles. The van der Waals surface area contributed by atoms with Gasteiger partial charge in [0.2, 0.25) is 11.8 Å². The maximum Gasteiger partial charge on any atom is 0.335 e. The Kier molecular flexibility index (Phi) is 10.1. The van der Waals surface area contributed by atoms with Crippen molar-refractivity contribution < 1.29 is 39.0 Å². The summed E-state index contributed by atoms with van der Waals surface area (Å²) in [6, 6.07) is 39.2. The first-order chi connectivity index (χ1) is 32.8. The van der Waals surface area contributed by atoms with Gasteiger partial charge in [-0.15, -0.1) is 0 Å². The molecule has 4 heterocycles. The van der Waals surface area contributed by atoms with Crippen LogP contribution >= 0.6 is 23.2 Å². The molecule has 2 aliphatic carbocycles. The molecule has 4 N–H and O–H groups in total. The van der Waals surface area contributed by atoms with Crippen LogP contribution in [0.25, 0.3) is 0 Å². The second-order valence-electron chi connectivity index (χ2n) is 17.7. The van der Waals surface area contributed by atoms with E-state index in [9.17, 15) is 39.0 Å². The number of carbonyl (C=O) groups is 6. The number of halogens is 2. The number of fused-ring (bicyclic) bond motifs is 4. The van der Waals surface area contributed by atoms with Gasteiger partial charge in [-0.05, 0) is 108 Å². The molecule has 6 aromatic carbocycles. The molecule has 0 unspecified atom stereocenters. The van der Waals surface area contributed by atoms with Crippen molar-refractivity contribution in [3.05, 3.63) is 177 Å². The Labute approximate surface area is 399 Å². The molecular weight excluding hydrogens is 908 g/mol. The number of carboxylic acids is 2. The summed E-state index contributed by atoms with van der Waals surface area (Å²) in [5.41, 5.74) is 5.83. The summed E-state index contributed by atoms with van der Waals surface area (Å²) >= 11 is 12.1. The number of amides is 6. The molecule has 0 bridgehead atoms. The Morgan fingerprint density at radius 2 is 0.882 bits per heavy atom. The highest BCUT2D eigenvalue weighted by molar-refractivity contribution is 6.31. The van der Waals surface area contributed by atoms with Crippen molar-refractivity contribution in [2.45, 2.75) is 35.5 Å². The minimum Gasteiger partial charge on any atom is -0.478 e. The highest BCUT2D eigenvalue weighted by atomic mass is 35.5. The third kappa shape index (κ3) is 6.76. The standard InChI is InChI=1S/2C26H20ClN3O4/c2*27-17-7-5-15(6-8-17)21-14-26(21)20-3-1-2-4-22(20)30(24(26)33)19-12-16(23(31)32)11-18(13-19)29-10-9-28-25(29)34/h2*1-8,11-13,21H,9-10,14H2,(H,28,34)(H,31,32)/t2*21-,26+/m10/s1. The Morgan fingerprint density at radius 1 is 0.515 bits per heavy atom. The molecule has 14 nitrogen and oxygen atoms in total. The zero-order valence-corrected chi connectivity index (χ0v) is 37.5. The molecule has 4 aliphatic heterocycles. The molecule has 340 valence electrons. The summed E-state index contributed by atoms with van der Waals surface area (Å²) in [7, 11) is 0. The van der Waals surface area contributed by atoms with Crippen molar-refractivity contribution in [2.24, 2.45) is 0 Å². The summed E-state index contributed by atoms with van der Waals surface area (Å²) < 4.78 is 0. The van der Waals surface area contributed by atoms with E-state index in [1.54, 1.807) is 21.9 Å². The predicted octanol–water partition coefficient (Wildman–Crippen LogP) is 9.34. The van der Waals surface area contributed by atoms with Gasteiger partial charge in [-0.3, -0.25) is 29.2 Å². The van der Waals surface area contributed by atoms with E-state index in [-0.39, 0.29) is 46.8 Å². The van der Waals surface area contributed by atoms with Gasteiger partial charge in [-0.2, -0.15) is 0 Å². The quantitative estimate of drug-likeness (QED) is 0.117. The Hall–Kier alpha value is -7.68. The number of carboxylic acid groups (broad SMARTS) is 2. The Balaban J connectivity index is 0.000000149. The summed E-state index contributed by atoms with van der Waals surface area (Å²) in [5, 5.41) is 26.2. The number of carbonyl (C=O) groups excluding carboxylic acids is 4. The molecule has 12 rings (SSSR count). The van der Waals surface area contributed by atoms with Gasteiger partial charge >= 0.3 is 24.0 Å². The third-order valence-corrected chi connectivity index (χ3v) is 14.5. The lowest BCUT2D eigenvalue weighted by atomic mass is 9.92. The minimum atomic E-state index is -1.12. The SMILES string of the molecule is O=C(O)c1cc(N2CCNC2=O)cc(N2C(=O)[C@@]3(C[C@@H]3c3ccc(Cl)cc3)c3ccccc32)c1.O=C(O)c1cc(N2CCNC2=O)cc(N2C(=O)[C@]3(C[C@H]3c3ccc(Cl)cc3)c3ccccc32)c1. The summed E-state index contributed by atoms with van der Waals surface area (Å²) in [5.74, 6) is -2.41. The van der Waals surface area contributed by atoms with Crippen LogP contribution < -0.4 is 30.2 Å². The van der Waals surface area contributed by atoms with Gasteiger partial charge in [0.15, 0.2) is 0 Å². The van der Waals surface area contributed by atoms with Crippen LogP contribution in [0.4, 0.5) is 43.7 Å². The monoisotopic (exact) mass is 946 g/mol. The van der Waals surface area contributed by atoms with E-state index < -0.39 is 22.8 Å². The lowest BCUT2D eigenvalue weighted by molar-refractivity contribution is -0.120. The zero-order chi connectivity index (χ0) is 47.2. The van der Waals surface area contributed by atoms with Crippen LogP contribution in [-0.4, -0.2) is 72.2 Å². The molecule has 4 fully saturated rings. The predicted molar refractivity (Wildman–Crippen MR) is 256 cm³/mol. The molecule has 6 amide bonds. The van der Waals surface area contributed by atoms with E-state index in [0.717, 1.165) is 33.6 Å². The lowest BCUT2D eigenvalue weighted by Gasteiger charge is -2.22. The van der Waals surface area contributed by atoms with Crippen LogP contribution in [0.2, 0.25) is 10.0 Å². The molecule has 4 atom stereocenters. The number of para-hydroxylation sites is 2. The molecule has 2 saturated carbocycles. The van der Waals surface area contributed by atoms with E-state index in [2.05, 4.69) is 10.6 Å². The number of urea groups is 2. The van der Waals surface area contributed by atoms with Gasteiger partial charge in [0.05, 0.1) is 44.7 Å². The first-order valence-electron chi connectivity index (χ1n) is 22.1. The number of nitrogens with one attached hydrogen (secondary N) is 2. The maximum atomic E-state index is 14.0. The number of hydrogen-bond acceptors (Lipinski definition) is 6. The second-order valence-corrected chi connectivity index (χ2v) is 18.6. The van der Waals surface area contributed by atoms with Crippen molar-refractivity contribution in [3.8, 4) is 0 Å². The molecule has 0 aromatic heterocycles. The molecule has 2 spiro atoms. The smallest absolute Gasteiger partial charge is 0.335 e. The fourth-order valence-electron chi connectivity index (χ4n) is 10.7. The van der Waals surface area contributed by atoms with Gasteiger partial charge in [0.25, 0.3) is 0 Å². The minimum absolute atomic E-state index is 0.00917. The van der Waals surface area contributed by atoms with Crippen LogP contribution in [0.3, 0.4) is 0 Å². The van der Waals surface area contributed by atoms with Crippen molar-refractivity contribution in [3.63, 3.8) is 0 Å². The van der Waals surface area contributed by atoms with Crippen molar-refractivity contribution in [1.29, 1.82) is 0 Å². The number of rotatable bonds is 8. The Bertz CT molecular complexity index is 2960. The molecule has 6 aromatic rings. The number of benzene rings is 6. The number of anilines is 6. The van der Waals surface area contributed by atoms with E-state index in [0.29, 0.717) is 71.8 Å². The van der Waals surface area contributed by atoms with Gasteiger partial charge < -0.3 is 20.8 Å². The van der Waals surface area contributed by atoms with E-state index in [1.165, 1.54) is 34.1 Å². The largest absolute Gasteiger partial charge is 0.478 e. The third-order valence-electron chi connectivity index (χ3n) is 14.0. The van der Waals surface area contributed by atoms with Crippen molar-refractivity contribution >= 4 is 93.1 Å². The first-order valence-corrected chi connectivity index (χ1v) is 22.8. The Morgan fingerprint density at radius 3 is 1.24 bits per heavy atom. The van der Waals surface area contributed by atoms with Gasteiger partial charge in [0.1, 0.15) is 0 Å². The molecule has 68 heavy (non-hydrogen) atoms. The van der Waals surface area contributed by atoms with E-state index in [1.807, 2.05) is 97.1 Å². The van der Waals surface area contributed by atoms with Crippen LogP contribution in [-0.2, 0) is 20.4 Å². The molecule has 16 heteroatoms. The zero-order valence-electron chi connectivity index (χ0n) is 36.0. The number of hydrogen-bond donors (Lipinski definition) is 4. The topological polar surface area (TPSA) is 180 Å². The van der Waals surface area contributed by atoms with E-state index in [4.69, 9.17) is 23.2 Å². The van der Waals surface area contributed by atoms with Crippen LogP contribution in [0, 0.1) is 0 Å². The van der Waals surface area contributed by atoms with Crippen LogP contribution in [0.1, 0.15) is 67.6 Å². The highest BCUT2D eigenvalue weighted by Crippen LogP contribution is 2.68. The second kappa shape index (κ2) is 16.0. The van der Waals surface area contributed by atoms with Crippen LogP contribution in [0.5, 0.6) is 0 Å². The number of aromatic carboxylic acids is 2. The highest BCUT2D eigenvalue weighted by Gasteiger charge is 2.68. The summed E-state index contributed by atoms with van der Waals surface area (Å²) in [4.78, 5) is 82.6. The molecule has 0 radical (unpaired) electrons. The molecule has 6 aliphatic rings.